The zero-order chi connectivity index (χ0) is 16.7. The van der Waals surface area contributed by atoms with E-state index in [0.29, 0.717) is 16.5 Å². The highest BCUT2D eigenvalue weighted by atomic mass is 35.5. The van der Waals surface area contributed by atoms with Gasteiger partial charge in [0, 0.05) is 36.3 Å². The molecule has 124 valence electrons. The van der Waals surface area contributed by atoms with Gasteiger partial charge in [-0.05, 0) is 31.9 Å². The smallest absolute Gasteiger partial charge is 0.231 e. The zero-order valence-electron chi connectivity index (χ0n) is 13.5. The monoisotopic (exact) mass is 344 g/mol. The lowest BCUT2D eigenvalue weighted by molar-refractivity contribution is 0.174. The number of hydrogen-bond acceptors (Lipinski definition) is 4. The number of benzene rings is 1. The van der Waals surface area contributed by atoms with Gasteiger partial charge in [0.25, 0.3) is 0 Å². The lowest BCUT2D eigenvalue weighted by atomic mass is 10.1. The Morgan fingerprint density at radius 3 is 2.79 bits per heavy atom. The summed E-state index contributed by atoms with van der Waals surface area (Å²) in [5.41, 5.74) is 4.23. The van der Waals surface area contributed by atoms with Crippen LogP contribution in [0.1, 0.15) is 17.0 Å². The van der Waals surface area contributed by atoms with Crippen LogP contribution < -0.4 is 9.47 Å². The van der Waals surface area contributed by atoms with Gasteiger partial charge in [0.1, 0.15) is 5.82 Å². The van der Waals surface area contributed by atoms with E-state index >= 15 is 0 Å². The van der Waals surface area contributed by atoms with Crippen LogP contribution in [0.3, 0.4) is 0 Å². The Hall–Kier alpha value is -2.47. The van der Waals surface area contributed by atoms with Gasteiger partial charge in [-0.2, -0.15) is 5.10 Å². The van der Waals surface area contributed by atoms with E-state index in [9.17, 15) is 0 Å². The van der Waals surface area contributed by atoms with Crippen molar-refractivity contribution in [2.24, 2.45) is 0 Å². The van der Waals surface area contributed by atoms with Crippen molar-refractivity contribution in [3.05, 3.63) is 46.5 Å². The predicted molar refractivity (Wildman–Crippen MR) is 90.6 cm³/mol. The predicted octanol–water partition coefficient (Wildman–Crippen LogP) is 3.51. The molecule has 0 spiro atoms. The van der Waals surface area contributed by atoms with E-state index in [1.165, 1.54) is 5.56 Å². The Balaban J connectivity index is 1.64. The molecule has 0 aliphatic carbocycles. The fraction of sp³-hybridized carbons (Fsp3) is 0.294. The number of nitrogens with zero attached hydrogens (tertiary/aromatic N) is 3. The number of aryl methyl sites for hydroxylation is 3. The summed E-state index contributed by atoms with van der Waals surface area (Å²) in [5, 5.41) is 7.87. The number of halogens is 1. The average Bonchev–Trinajstić information content (AvgIpc) is 3.26. The topological polar surface area (TPSA) is 65.0 Å². The van der Waals surface area contributed by atoms with Gasteiger partial charge in [-0.15, -0.1) is 0 Å². The van der Waals surface area contributed by atoms with Gasteiger partial charge in [0.05, 0.1) is 10.7 Å². The Labute approximate surface area is 144 Å². The van der Waals surface area contributed by atoms with Gasteiger partial charge in [0.2, 0.25) is 6.79 Å². The average molecular weight is 345 g/mol. The Morgan fingerprint density at radius 1 is 1.25 bits per heavy atom. The Morgan fingerprint density at radius 2 is 2.04 bits per heavy atom. The summed E-state index contributed by atoms with van der Waals surface area (Å²) in [6, 6.07) is 3.67. The summed E-state index contributed by atoms with van der Waals surface area (Å²) >= 11 is 6.42. The van der Waals surface area contributed by atoms with Crippen LogP contribution in [0.25, 0.3) is 11.4 Å². The molecule has 24 heavy (non-hydrogen) atoms. The van der Waals surface area contributed by atoms with E-state index in [1.807, 2.05) is 26.1 Å². The molecule has 0 bridgehead atoms. The maximum Gasteiger partial charge on any atom is 0.231 e. The largest absolute Gasteiger partial charge is 0.454 e. The molecular formula is C17H17ClN4O2. The molecule has 4 rings (SSSR count). The fourth-order valence-corrected chi connectivity index (χ4v) is 3.24. The number of fused-ring (bicyclic) bond motifs is 1. The number of hydrogen-bond donors (Lipinski definition) is 1. The van der Waals surface area contributed by atoms with Crippen LogP contribution in [-0.2, 0) is 13.0 Å². The van der Waals surface area contributed by atoms with E-state index in [4.69, 9.17) is 21.1 Å². The van der Waals surface area contributed by atoms with Crippen LogP contribution in [0.2, 0.25) is 5.02 Å². The standard InChI is InChI=1S/C17H17ClN4O2/c1-10-12(11(2)21-20-10)3-5-22-6-4-19-17(22)13-7-15-16(8-14(13)18)24-9-23-15/h4,6-8H,3,5,9H2,1-2H3,(H,20,21). The van der Waals surface area contributed by atoms with E-state index in [-0.39, 0.29) is 6.79 Å². The van der Waals surface area contributed by atoms with E-state index < -0.39 is 0 Å². The number of H-pyrrole nitrogens is 1. The molecule has 3 heterocycles. The van der Waals surface area contributed by atoms with Crippen molar-refractivity contribution in [3.8, 4) is 22.9 Å². The second-order valence-corrected chi connectivity index (χ2v) is 6.20. The van der Waals surface area contributed by atoms with Crippen molar-refractivity contribution in [1.82, 2.24) is 19.7 Å². The molecule has 3 aromatic rings. The molecular weight excluding hydrogens is 328 g/mol. The van der Waals surface area contributed by atoms with E-state index in [0.717, 1.165) is 35.7 Å². The number of nitrogens with one attached hydrogen (secondary N) is 1. The molecule has 0 saturated heterocycles. The Bertz CT molecular complexity index is 881. The van der Waals surface area contributed by atoms with Crippen LogP contribution >= 0.6 is 11.6 Å². The van der Waals surface area contributed by atoms with Crippen molar-refractivity contribution in [2.45, 2.75) is 26.8 Å². The molecule has 1 aliphatic heterocycles. The third-order valence-electron chi connectivity index (χ3n) is 4.30. The quantitative estimate of drug-likeness (QED) is 0.786. The molecule has 6 nitrogen and oxygen atoms in total. The highest BCUT2D eigenvalue weighted by Crippen LogP contribution is 2.40. The molecule has 0 saturated carbocycles. The first-order valence-corrected chi connectivity index (χ1v) is 8.12. The highest BCUT2D eigenvalue weighted by molar-refractivity contribution is 6.33. The van der Waals surface area contributed by atoms with Gasteiger partial charge in [-0.1, -0.05) is 11.6 Å². The first kappa shape index (κ1) is 15.1. The maximum atomic E-state index is 6.42. The first-order valence-electron chi connectivity index (χ1n) is 7.74. The molecule has 0 radical (unpaired) electrons. The minimum absolute atomic E-state index is 0.225. The van der Waals surface area contributed by atoms with Gasteiger partial charge >= 0.3 is 0 Å². The summed E-state index contributed by atoms with van der Waals surface area (Å²) in [6.07, 6.45) is 4.62. The lowest BCUT2D eigenvalue weighted by Gasteiger charge is -2.10. The molecule has 0 unspecified atom stereocenters. The Kier molecular flexibility index (Phi) is 3.69. The van der Waals surface area contributed by atoms with Crippen molar-refractivity contribution >= 4 is 11.6 Å². The zero-order valence-corrected chi connectivity index (χ0v) is 14.2. The van der Waals surface area contributed by atoms with Crippen molar-refractivity contribution < 1.29 is 9.47 Å². The second kappa shape index (κ2) is 5.87. The van der Waals surface area contributed by atoms with Gasteiger partial charge in [-0.25, -0.2) is 4.98 Å². The van der Waals surface area contributed by atoms with Crippen LogP contribution in [0.5, 0.6) is 11.5 Å². The van der Waals surface area contributed by atoms with Crippen molar-refractivity contribution in [2.75, 3.05) is 6.79 Å². The fourth-order valence-electron chi connectivity index (χ4n) is 3.00. The summed E-state index contributed by atoms with van der Waals surface area (Å²) in [6.45, 7) is 5.07. The normalized spacial score (nSPS) is 12.8. The molecule has 0 fully saturated rings. The molecule has 1 N–H and O–H groups in total. The van der Waals surface area contributed by atoms with Crippen LogP contribution in [0.4, 0.5) is 0 Å². The highest BCUT2D eigenvalue weighted by Gasteiger charge is 2.19. The third kappa shape index (κ3) is 2.53. The number of ether oxygens (including phenoxy) is 2. The summed E-state index contributed by atoms with van der Waals surface area (Å²) < 4.78 is 12.9. The molecule has 7 heteroatoms. The van der Waals surface area contributed by atoms with E-state index in [2.05, 4.69) is 19.7 Å². The summed E-state index contributed by atoms with van der Waals surface area (Å²) in [5.74, 6) is 2.19. The SMILES string of the molecule is Cc1n[nH]c(C)c1CCn1ccnc1-c1cc2c(cc1Cl)OCO2. The molecule has 1 aromatic carbocycles. The van der Waals surface area contributed by atoms with Crippen LogP contribution in [0.15, 0.2) is 24.5 Å². The summed E-state index contributed by atoms with van der Waals surface area (Å²) in [4.78, 5) is 4.48. The third-order valence-corrected chi connectivity index (χ3v) is 4.61. The van der Waals surface area contributed by atoms with E-state index in [1.54, 1.807) is 12.3 Å². The maximum absolute atomic E-state index is 6.42. The molecule has 0 atom stereocenters. The summed E-state index contributed by atoms with van der Waals surface area (Å²) in [7, 11) is 0. The minimum atomic E-state index is 0.225. The van der Waals surface area contributed by atoms with Crippen molar-refractivity contribution in [3.63, 3.8) is 0 Å². The second-order valence-electron chi connectivity index (χ2n) is 5.79. The number of aromatic nitrogens is 4. The molecule has 2 aromatic heterocycles. The first-order chi connectivity index (χ1) is 11.6. The number of aromatic amines is 1. The lowest BCUT2D eigenvalue weighted by Crippen LogP contribution is -2.04. The van der Waals surface area contributed by atoms with Crippen molar-refractivity contribution in [1.29, 1.82) is 0 Å². The molecule has 0 amide bonds. The number of rotatable bonds is 4. The van der Waals surface area contributed by atoms with Crippen LogP contribution in [-0.4, -0.2) is 26.5 Å². The van der Waals surface area contributed by atoms with Gasteiger partial charge in [-0.3, -0.25) is 5.10 Å². The van der Waals surface area contributed by atoms with Gasteiger partial charge < -0.3 is 14.0 Å². The van der Waals surface area contributed by atoms with Gasteiger partial charge in [0.15, 0.2) is 11.5 Å². The van der Waals surface area contributed by atoms with Crippen LogP contribution in [0, 0.1) is 13.8 Å². The number of imidazole rings is 1. The molecule has 1 aliphatic rings. The minimum Gasteiger partial charge on any atom is -0.454 e.